The molecule has 2 aliphatic carbocycles. The van der Waals surface area contributed by atoms with Crippen LogP contribution in [0.2, 0.25) is 0 Å². The average molecular weight is 318 g/mol. The molecule has 0 N–H and O–H groups in total. The van der Waals surface area contributed by atoms with Gasteiger partial charge < -0.3 is 4.57 Å². The van der Waals surface area contributed by atoms with E-state index in [1.807, 2.05) is 6.07 Å². The molecule has 2 fully saturated rings. The highest BCUT2D eigenvalue weighted by Gasteiger charge is 2.41. The van der Waals surface area contributed by atoms with Gasteiger partial charge in [0.2, 0.25) is 0 Å². The number of hydrogen-bond donors (Lipinski definition) is 0. The lowest BCUT2D eigenvalue weighted by atomic mass is 9.87. The number of para-hydroxylation sites is 1. The van der Waals surface area contributed by atoms with Crippen LogP contribution in [0.1, 0.15) is 68.8 Å². The molecule has 4 heteroatoms. The molecule has 0 radical (unpaired) electrons. The summed E-state index contributed by atoms with van der Waals surface area (Å²) in [5.74, 6) is 2.92. The minimum Gasteiger partial charge on any atom is -0.311 e. The first-order valence-corrected chi connectivity index (χ1v) is 8.96. The van der Waals surface area contributed by atoms with Crippen molar-refractivity contribution in [3.8, 4) is 0 Å². The molecule has 2 aliphatic rings. The molecule has 2 saturated carbocycles. The van der Waals surface area contributed by atoms with Gasteiger partial charge in [0.1, 0.15) is 11.6 Å². The normalized spacial score (nSPS) is 18.2. The Morgan fingerprint density at radius 1 is 0.958 bits per heavy atom. The van der Waals surface area contributed by atoms with E-state index in [1.165, 1.54) is 36.9 Å². The molecular weight excluding hydrogens is 296 g/mol. The summed E-state index contributed by atoms with van der Waals surface area (Å²) >= 11 is 0. The predicted molar refractivity (Wildman–Crippen MR) is 94.1 cm³/mol. The van der Waals surface area contributed by atoms with Crippen molar-refractivity contribution in [2.75, 3.05) is 0 Å². The molecule has 3 aromatic rings. The van der Waals surface area contributed by atoms with Gasteiger partial charge >= 0.3 is 0 Å². The molecule has 2 aromatic heterocycles. The molecule has 2 heterocycles. The van der Waals surface area contributed by atoms with Crippen molar-refractivity contribution in [2.24, 2.45) is 0 Å². The van der Waals surface area contributed by atoms with Gasteiger partial charge in [0.05, 0.1) is 16.6 Å². The van der Waals surface area contributed by atoms with Crippen molar-refractivity contribution in [3.63, 3.8) is 0 Å². The third-order valence-electron chi connectivity index (χ3n) is 5.37. The van der Waals surface area contributed by atoms with Crippen molar-refractivity contribution in [3.05, 3.63) is 53.7 Å². The Morgan fingerprint density at radius 3 is 2.50 bits per heavy atom. The maximum absolute atomic E-state index is 4.93. The smallest absolute Gasteiger partial charge is 0.145 e. The van der Waals surface area contributed by atoms with Crippen molar-refractivity contribution in [1.29, 1.82) is 0 Å². The fourth-order valence-corrected chi connectivity index (χ4v) is 3.57. The number of nitrogens with zero attached hydrogens (tertiary/aromatic N) is 4. The summed E-state index contributed by atoms with van der Waals surface area (Å²) in [5.41, 5.74) is 1.87. The first-order valence-electron chi connectivity index (χ1n) is 8.96. The van der Waals surface area contributed by atoms with Crippen LogP contribution in [0.25, 0.3) is 10.9 Å². The molecule has 0 unspecified atom stereocenters. The second-order valence-electron chi connectivity index (χ2n) is 7.77. The van der Waals surface area contributed by atoms with E-state index in [9.17, 15) is 0 Å². The Labute approximate surface area is 141 Å². The second kappa shape index (κ2) is 4.88. The van der Waals surface area contributed by atoms with Crippen molar-refractivity contribution in [1.82, 2.24) is 19.7 Å². The lowest BCUT2D eigenvalue weighted by molar-refractivity contribution is 0.516. The summed E-state index contributed by atoms with van der Waals surface area (Å²) in [6, 6.07) is 13.2. The fourth-order valence-electron chi connectivity index (χ4n) is 3.57. The van der Waals surface area contributed by atoms with Crippen LogP contribution in [-0.4, -0.2) is 19.7 Å². The van der Waals surface area contributed by atoms with E-state index in [-0.39, 0.29) is 5.41 Å². The molecule has 4 nitrogen and oxygen atoms in total. The molecular formula is C20H22N4. The second-order valence-corrected chi connectivity index (χ2v) is 7.77. The van der Waals surface area contributed by atoms with Gasteiger partial charge in [0, 0.05) is 17.3 Å². The lowest BCUT2D eigenvalue weighted by Crippen LogP contribution is -2.26. The molecule has 0 atom stereocenters. The van der Waals surface area contributed by atoms with Crippen LogP contribution in [0.15, 0.2) is 36.4 Å². The van der Waals surface area contributed by atoms with E-state index in [0.717, 1.165) is 17.0 Å². The Bertz CT molecular complexity index is 916. The molecule has 0 amide bonds. The molecule has 0 spiro atoms. The minimum atomic E-state index is -0.243. The predicted octanol–water partition coefficient (Wildman–Crippen LogP) is 4.36. The van der Waals surface area contributed by atoms with Gasteiger partial charge in [-0.3, -0.25) is 4.98 Å². The Morgan fingerprint density at radius 2 is 1.75 bits per heavy atom. The zero-order valence-corrected chi connectivity index (χ0v) is 14.2. The van der Waals surface area contributed by atoms with Crippen LogP contribution in [0.3, 0.4) is 0 Å². The summed E-state index contributed by atoms with van der Waals surface area (Å²) in [7, 11) is 0. The third kappa shape index (κ3) is 2.16. The van der Waals surface area contributed by atoms with Gasteiger partial charge in [-0.05, 0) is 51.7 Å². The van der Waals surface area contributed by atoms with E-state index in [1.54, 1.807) is 0 Å². The molecule has 0 saturated heterocycles. The maximum atomic E-state index is 4.93. The molecule has 5 rings (SSSR count). The Hall–Kier alpha value is -2.23. The number of fused-ring (bicyclic) bond motifs is 1. The third-order valence-corrected chi connectivity index (χ3v) is 5.37. The monoisotopic (exact) mass is 318 g/mol. The first-order chi connectivity index (χ1) is 11.6. The van der Waals surface area contributed by atoms with E-state index in [2.05, 4.69) is 58.9 Å². The first kappa shape index (κ1) is 14.1. The van der Waals surface area contributed by atoms with Gasteiger partial charge in [-0.1, -0.05) is 24.3 Å². The molecule has 24 heavy (non-hydrogen) atoms. The van der Waals surface area contributed by atoms with Gasteiger partial charge in [-0.25, -0.2) is 0 Å². The van der Waals surface area contributed by atoms with E-state index >= 15 is 0 Å². The van der Waals surface area contributed by atoms with Gasteiger partial charge in [0.15, 0.2) is 0 Å². The van der Waals surface area contributed by atoms with Gasteiger partial charge in [-0.15, -0.1) is 10.2 Å². The van der Waals surface area contributed by atoms with Crippen LogP contribution in [0.5, 0.6) is 0 Å². The molecule has 0 bridgehead atoms. The summed E-state index contributed by atoms with van der Waals surface area (Å²) in [6.07, 6.45) is 5.04. The topological polar surface area (TPSA) is 43.6 Å². The number of hydrogen-bond acceptors (Lipinski definition) is 3. The van der Waals surface area contributed by atoms with E-state index in [4.69, 9.17) is 4.98 Å². The quantitative estimate of drug-likeness (QED) is 0.717. The number of rotatable bonds is 4. The van der Waals surface area contributed by atoms with Crippen LogP contribution >= 0.6 is 0 Å². The SMILES string of the molecule is CC(C)(c1ccc2ccccc2n1)c1nnc(C2CC2)n1C1CC1. The highest BCUT2D eigenvalue weighted by Crippen LogP contribution is 2.46. The van der Waals surface area contributed by atoms with Crippen LogP contribution < -0.4 is 0 Å². The molecule has 0 aliphatic heterocycles. The zero-order chi connectivity index (χ0) is 16.3. The average Bonchev–Trinajstić information content (AvgIpc) is 3.53. The minimum absolute atomic E-state index is 0.243. The highest BCUT2D eigenvalue weighted by atomic mass is 15.3. The Kier molecular flexibility index (Phi) is 2.88. The molecule has 1 aromatic carbocycles. The number of benzene rings is 1. The van der Waals surface area contributed by atoms with Crippen molar-refractivity contribution < 1.29 is 0 Å². The van der Waals surface area contributed by atoms with Crippen LogP contribution in [0.4, 0.5) is 0 Å². The summed E-state index contributed by atoms with van der Waals surface area (Å²) in [4.78, 5) is 4.93. The van der Waals surface area contributed by atoms with Gasteiger partial charge in [-0.2, -0.15) is 0 Å². The fraction of sp³-hybridized carbons (Fsp3) is 0.450. The van der Waals surface area contributed by atoms with Crippen molar-refractivity contribution >= 4 is 10.9 Å². The molecule has 122 valence electrons. The van der Waals surface area contributed by atoms with Crippen molar-refractivity contribution in [2.45, 2.75) is 56.9 Å². The summed E-state index contributed by atoms with van der Waals surface area (Å²) < 4.78 is 2.44. The maximum Gasteiger partial charge on any atom is 0.145 e. The summed E-state index contributed by atoms with van der Waals surface area (Å²) in [6.45, 7) is 4.45. The van der Waals surface area contributed by atoms with Crippen LogP contribution in [-0.2, 0) is 5.41 Å². The number of pyridine rings is 1. The highest BCUT2D eigenvalue weighted by molar-refractivity contribution is 5.78. The standard InChI is InChI=1S/C20H22N4/c1-20(2,17-12-9-13-5-3-4-6-16(13)21-17)19-23-22-18(14-7-8-14)24(19)15-10-11-15/h3-6,9,12,14-15H,7-8,10-11H2,1-2H3. The largest absolute Gasteiger partial charge is 0.311 e. The van der Waals surface area contributed by atoms with E-state index in [0.29, 0.717) is 12.0 Å². The van der Waals surface area contributed by atoms with E-state index < -0.39 is 0 Å². The summed E-state index contributed by atoms with van der Waals surface area (Å²) in [5, 5.41) is 10.4. The van der Waals surface area contributed by atoms with Gasteiger partial charge in [0.25, 0.3) is 0 Å². The number of aromatic nitrogens is 4. The Balaban J connectivity index is 1.63. The van der Waals surface area contributed by atoms with Crippen LogP contribution in [0, 0.1) is 0 Å². The zero-order valence-electron chi connectivity index (χ0n) is 14.2. The lowest BCUT2D eigenvalue weighted by Gasteiger charge is -2.25.